The third kappa shape index (κ3) is 4.83. The van der Waals surface area contributed by atoms with Crippen molar-refractivity contribution in [2.45, 2.75) is 25.6 Å². The van der Waals surface area contributed by atoms with E-state index in [0.717, 1.165) is 18.2 Å². The Balaban J connectivity index is 2.28. The Labute approximate surface area is 152 Å². The van der Waals surface area contributed by atoms with Gasteiger partial charge in [-0.25, -0.2) is 9.37 Å². The topological polar surface area (TPSA) is 78.1 Å². The number of rotatable bonds is 5. The van der Waals surface area contributed by atoms with Crippen LogP contribution in [0.3, 0.4) is 0 Å². The molecular weight excluding hydrogens is 368 g/mol. The molecule has 1 heterocycles. The van der Waals surface area contributed by atoms with Crippen molar-refractivity contribution in [3.63, 3.8) is 0 Å². The number of aromatic nitrogens is 2. The number of alkyl halides is 3. The lowest BCUT2D eigenvalue weighted by molar-refractivity contribution is -0.140. The summed E-state index contributed by atoms with van der Waals surface area (Å²) in [7, 11) is 3.25. The Morgan fingerprint density at radius 2 is 1.96 bits per heavy atom. The first-order valence-electron chi connectivity index (χ1n) is 7.99. The molecule has 2 aromatic rings. The number of halogens is 4. The third-order valence-corrected chi connectivity index (χ3v) is 3.80. The molecule has 0 spiro atoms. The zero-order chi connectivity index (χ0) is 20.4. The standard InChI is InChI=1S/C17H18F4N4O2/c1-4-12(9-5-6-10(11(18)7-9)17(19,20)21)22-15(27)13-8-14(26)24-16(23-13)25(2)3/h5-8,12H,4H2,1-3H3,(H,22,27)(H,23,24,26). The van der Waals surface area contributed by atoms with Crippen molar-refractivity contribution in [1.82, 2.24) is 15.3 Å². The van der Waals surface area contributed by atoms with Crippen LogP contribution in [0.25, 0.3) is 0 Å². The van der Waals surface area contributed by atoms with E-state index in [1.54, 1.807) is 21.0 Å². The second-order valence-corrected chi connectivity index (χ2v) is 6.02. The second-order valence-electron chi connectivity index (χ2n) is 6.02. The molecule has 0 aliphatic heterocycles. The number of H-pyrrole nitrogens is 1. The van der Waals surface area contributed by atoms with Crippen LogP contribution in [0, 0.1) is 5.82 Å². The maximum Gasteiger partial charge on any atom is 0.419 e. The van der Waals surface area contributed by atoms with E-state index in [1.807, 2.05) is 0 Å². The zero-order valence-electron chi connectivity index (χ0n) is 14.8. The Hall–Kier alpha value is -2.91. The van der Waals surface area contributed by atoms with Gasteiger partial charge in [-0.1, -0.05) is 13.0 Å². The van der Waals surface area contributed by atoms with E-state index in [0.29, 0.717) is 12.5 Å². The number of amides is 1. The van der Waals surface area contributed by atoms with Crippen molar-refractivity contribution in [3.05, 3.63) is 57.3 Å². The molecular formula is C17H18F4N4O2. The molecule has 0 saturated carbocycles. The van der Waals surface area contributed by atoms with Crippen LogP contribution in [0.15, 0.2) is 29.1 Å². The van der Waals surface area contributed by atoms with Crippen LogP contribution in [0.5, 0.6) is 0 Å². The number of hydrogen-bond acceptors (Lipinski definition) is 4. The van der Waals surface area contributed by atoms with Crippen LogP contribution >= 0.6 is 0 Å². The summed E-state index contributed by atoms with van der Waals surface area (Å²) in [5.74, 6) is -1.95. The summed E-state index contributed by atoms with van der Waals surface area (Å²) in [6, 6.07) is 2.74. The van der Waals surface area contributed by atoms with Crippen molar-refractivity contribution < 1.29 is 22.4 Å². The van der Waals surface area contributed by atoms with Gasteiger partial charge >= 0.3 is 6.18 Å². The van der Waals surface area contributed by atoms with E-state index < -0.39 is 35.1 Å². The fraction of sp³-hybridized carbons (Fsp3) is 0.353. The van der Waals surface area contributed by atoms with Crippen molar-refractivity contribution in [1.29, 1.82) is 0 Å². The molecule has 2 rings (SSSR count). The summed E-state index contributed by atoms with van der Waals surface area (Å²) in [6.07, 6.45) is -4.51. The lowest BCUT2D eigenvalue weighted by atomic mass is 10.0. The average Bonchev–Trinajstić information content (AvgIpc) is 2.57. The van der Waals surface area contributed by atoms with Gasteiger partial charge in [0.25, 0.3) is 11.5 Å². The van der Waals surface area contributed by atoms with Gasteiger partial charge in [0.15, 0.2) is 0 Å². The van der Waals surface area contributed by atoms with Crippen molar-refractivity contribution in [2.24, 2.45) is 0 Å². The van der Waals surface area contributed by atoms with Crippen LogP contribution in [-0.4, -0.2) is 30.0 Å². The molecule has 146 valence electrons. The maximum absolute atomic E-state index is 13.8. The van der Waals surface area contributed by atoms with Crippen LogP contribution in [-0.2, 0) is 6.18 Å². The molecule has 27 heavy (non-hydrogen) atoms. The Morgan fingerprint density at radius 3 is 2.48 bits per heavy atom. The molecule has 1 aromatic heterocycles. The van der Waals surface area contributed by atoms with Gasteiger partial charge in [0.1, 0.15) is 11.5 Å². The van der Waals surface area contributed by atoms with Crippen LogP contribution in [0.1, 0.15) is 41.0 Å². The lowest BCUT2D eigenvalue weighted by Gasteiger charge is -2.19. The molecule has 0 aliphatic rings. The summed E-state index contributed by atoms with van der Waals surface area (Å²) in [5, 5.41) is 2.56. The first kappa shape index (κ1) is 20.4. The molecule has 0 bridgehead atoms. The predicted octanol–water partition coefficient (Wildman–Crippen LogP) is 2.87. The van der Waals surface area contributed by atoms with Gasteiger partial charge in [-0.15, -0.1) is 0 Å². The Kier molecular flexibility index (Phi) is 5.87. The number of nitrogens with one attached hydrogen (secondary N) is 2. The first-order valence-corrected chi connectivity index (χ1v) is 7.99. The maximum atomic E-state index is 13.8. The number of benzene rings is 1. The molecule has 1 atom stereocenters. The second kappa shape index (κ2) is 7.77. The molecule has 0 fully saturated rings. The van der Waals surface area contributed by atoms with E-state index in [-0.39, 0.29) is 17.2 Å². The van der Waals surface area contributed by atoms with Gasteiger partial charge in [-0.3, -0.25) is 14.6 Å². The van der Waals surface area contributed by atoms with Gasteiger partial charge in [0.05, 0.1) is 11.6 Å². The minimum absolute atomic E-state index is 0.159. The molecule has 2 N–H and O–H groups in total. The van der Waals surface area contributed by atoms with E-state index in [4.69, 9.17) is 0 Å². The van der Waals surface area contributed by atoms with Crippen LogP contribution in [0.2, 0.25) is 0 Å². The lowest BCUT2D eigenvalue weighted by Crippen LogP contribution is -2.31. The van der Waals surface area contributed by atoms with E-state index in [1.165, 1.54) is 4.90 Å². The fourth-order valence-electron chi connectivity index (χ4n) is 2.40. The largest absolute Gasteiger partial charge is 0.419 e. The molecule has 0 aliphatic carbocycles. The van der Waals surface area contributed by atoms with Crippen molar-refractivity contribution >= 4 is 11.9 Å². The first-order chi connectivity index (χ1) is 12.5. The zero-order valence-corrected chi connectivity index (χ0v) is 14.8. The summed E-state index contributed by atoms with van der Waals surface area (Å²) in [4.78, 5) is 32.0. The number of aromatic amines is 1. The molecule has 1 unspecified atom stereocenters. The number of anilines is 1. The van der Waals surface area contributed by atoms with Crippen molar-refractivity contribution in [3.8, 4) is 0 Å². The minimum atomic E-state index is -4.80. The van der Waals surface area contributed by atoms with E-state index >= 15 is 0 Å². The molecule has 6 nitrogen and oxygen atoms in total. The third-order valence-electron chi connectivity index (χ3n) is 3.80. The van der Waals surface area contributed by atoms with Gasteiger partial charge in [-0.2, -0.15) is 13.2 Å². The Morgan fingerprint density at radius 1 is 1.30 bits per heavy atom. The molecule has 1 amide bonds. The smallest absolute Gasteiger partial charge is 0.348 e. The molecule has 1 aromatic carbocycles. The highest BCUT2D eigenvalue weighted by atomic mass is 19.4. The normalized spacial score (nSPS) is 12.6. The van der Waals surface area contributed by atoms with E-state index in [9.17, 15) is 27.2 Å². The monoisotopic (exact) mass is 386 g/mol. The number of carbonyl (C=O) groups is 1. The van der Waals surface area contributed by atoms with Crippen LogP contribution in [0.4, 0.5) is 23.5 Å². The summed E-state index contributed by atoms with van der Waals surface area (Å²) >= 11 is 0. The minimum Gasteiger partial charge on any atom is -0.348 e. The Bertz CT molecular complexity index is 893. The highest BCUT2D eigenvalue weighted by Gasteiger charge is 2.34. The summed E-state index contributed by atoms with van der Waals surface area (Å²) < 4.78 is 51.8. The highest BCUT2D eigenvalue weighted by molar-refractivity contribution is 5.92. The van der Waals surface area contributed by atoms with Gasteiger partial charge < -0.3 is 10.2 Å². The molecule has 10 heteroatoms. The van der Waals surface area contributed by atoms with Gasteiger partial charge in [-0.05, 0) is 24.1 Å². The SMILES string of the molecule is CCC(NC(=O)c1cc(=O)[nH]c(N(C)C)n1)c1ccc(C(F)(F)F)c(F)c1. The van der Waals surface area contributed by atoms with Gasteiger partial charge in [0.2, 0.25) is 5.95 Å². The van der Waals surface area contributed by atoms with Crippen molar-refractivity contribution in [2.75, 3.05) is 19.0 Å². The number of nitrogens with zero attached hydrogens (tertiary/aromatic N) is 2. The predicted molar refractivity (Wildman–Crippen MR) is 91.1 cm³/mol. The fourth-order valence-corrected chi connectivity index (χ4v) is 2.40. The molecule has 0 radical (unpaired) electrons. The quantitative estimate of drug-likeness (QED) is 0.775. The van der Waals surface area contributed by atoms with Gasteiger partial charge in [0, 0.05) is 20.2 Å². The van der Waals surface area contributed by atoms with E-state index in [2.05, 4.69) is 15.3 Å². The number of carbonyl (C=O) groups excluding carboxylic acids is 1. The summed E-state index contributed by atoms with van der Waals surface area (Å²) in [6.45, 7) is 1.68. The molecule has 0 saturated heterocycles. The highest BCUT2D eigenvalue weighted by Crippen LogP contribution is 2.32. The average molecular weight is 386 g/mol. The number of hydrogen-bond donors (Lipinski definition) is 2. The summed E-state index contributed by atoms with van der Waals surface area (Å²) in [5.41, 5.74) is -1.89. The van der Waals surface area contributed by atoms with Crippen LogP contribution < -0.4 is 15.8 Å².